The van der Waals surface area contributed by atoms with Gasteiger partial charge < -0.3 is 10.2 Å². The highest BCUT2D eigenvalue weighted by Crippen LogP contribution is 2.28. The van der Waals surface area contributed by atoms with Gasteiger partial charge in [-0.3, -0.25) is 9.58 Å². The highest BCUT2D eigenvalue weighted by Gasteiger charge is 2.33. The molecule has 0 spiro atoms. The predicted molar refractivity (Wildman–Crippen MR) is 102 cm³/mol. The van der Waals surface area contributed by atoms with Crippen molar-refractivity contribution in [3.63, 3.8) is 0 Å². The van der Waals surface area contributed by atoms with Crippen LogP contribution in [0.2, 0.25) is 0 Å². The fourth-order valence-electron chi connectivity index (χ4n) is 5.17. The fourth-order valence-corrected chi connectivity index (χ4v) is 5.17. The van der Waals surface area contributed by atoms with Gasteiger partial charge in [0.1, 0.15) is 0 Å². The molecular weight excluding hydrogens is 310 g/mol. The molecule has 0 radical (unpaired) electrons. The van der Waals surface area contributed by atoms with Crippen molar-refractivity contribution in [2.24, 2.45) is 5.92 Å². The van der Waals surface area contributed by atoms with Crippen LogP contribution in [0, 0.1) is 5.92 Å². The second-order valence-electron chi connectivity index (χ2n) is 8.29. The zero-order valence-corrected chi connectivity index (χ0v) is 15.7. The van der Waals surface area contributed by atoms with Gasteiger partial charge in [0.2, 0.25) is 0 Å². The second kappa shape index (κ2) is 8.65. The van der Waals surface area contributed by atoms with Gasteiger partial charge in [0, 0.05) is 44.6 Å². The maximum absolute atomic E-state index is 4.46. The maximum atomic E-state index is 4.46. The number of piperidine rings is 2. The third-order valence-electron chi connectivity index (χ3n) is 6.65. The highest BCUT2D eigenvalue weighted by atomic mass is 15.3. The topological polar surface area (TPSA) is 36.3 Å². The van der Waals surface area contributed by atoms with E-state index in [9.17, 15) is 0 Å². The van der Waals surface area contributed by atoms with E-state index in [1.807, 2.05) is 6.20 Å². The Morgan fingerprint density at radius 1 is 0.960 bits per heavy atom. The first kappa shape index (κ1) is 17.5. The number of rotatable bonds is 4. The van der Waals surface area contributed by atoms with E-state index >= 15 is 0 Å². The Labute approximate surface area is 152 Å². The minimum Gasteiger partial charge on any atom is -0.315 e. The number of hydrogen-bond acceptors (Lipinski definition) is 4. The van der Waals surface area contributed by atoms with Crippen molar-refractivity contribution in [3.05, 3.63) is 18.5 Å². The molecule has 4 rings (SSSR count). The van der Waals surface area contributed by atoms with Crippen molar-refractivity contribution in [2.75, 3.05) is 45.8 Å². The van der Waals surface area contributed by atoms with E-state index in [2.05, 4.69) is 37.2 Å². The molecule has 25 heavy (non-hydrogen) atoms. The molecule has 0 aromatic carbocycles. The number of likely N-dealkylation sites (tertiary alicyclic amines) is 2. The first-order valence-electron chi connectivity index (χ1n) is 10.6. The lowest BCUT2D eigenvalue weighted by Gasteiger charge is -2.44. The van der Waals surface area contributed by atoms with Crippen molar-refractivity contribution in [1.82, 2.24) is 24.9 Å². The summed E-state index contributed by atoms with van der Waals surface area (Å²) >= 11 is 0. The van der Waals surface area contributed by atoms with Crippen LogP contribution in [0.15, 0.2) is 18.5 Å². The monoisotopic (exact) mass is 345 g/mol. The van der Waals surface area contributed by atoms with Crippen molar-refractivity contribution in [3.8, 4) is 0 Å². The zero-order valence-electron chi connectivity index (χ0n) is 15.7. The first-order chi connectivity index (χ1) is 12.4. The van der Waals surface area contributed by atoms with Crippen molar-refractivity contribution >= 4 is 0 Å². The van der Waals surface area contributed by atoms with Gasteiger partial charge in [0.15, 0.2) is 0 Å². The summed E-state index contributed by atoms with van der Waals surface area (Å²) in [6.45, 7) is 8.84. The Morgan fingerprint density at radius 2 is 1.76 bits per heavy atom. The van der Waals surface area contributed by atoms with Gasteiger partial charge >= 0.3 is 0 Å². The third-order valence-corrected chi connectivity index (χ3v) is 6.65. The molecule has 140 valence electrons. The van der Waals surface area contributed by atoms with Crippen LogP contribution in [0.1, 0.15) is 51.0 Å². The Hall–Kier alpha value is -0.910. The Balaban J connectivity index is 1.33. The molecule has 0 amide bonds. The minimum atomic E-state index is 0.604. The number of nitrogens with zero attached hydrogens (tertiary/aromatic N) is 4. The molecule has 3 saturated heterocycles. The largest absolute Gasteiger partial charge is 0.315 e. The summed E-state index contributed by atoms with van der Waals surface area (Å²) in [5, 5.41) is 8.13. The SMILES string of the molecule is c1cnn(C2CCN(C3CNCCC3CN3CCCCCC3)CC2)c1. The molecule has 2 unspecified atom stereocenters. The van der Waals surface area contributed by atoms with Crippen molar-refractivity contribution < 1.29 is 0 Å². The number of hydrogen-bond donors (Lipinski definition) is 1. The minimum absolute atomic E-state index is 0.604. The lowest BCUT2D eigenvalue weighted by molar-refractivity contribution is 0.0589. The summed E-state index contributed by atoms with van der Waals surface area (Å²) in [5.74, 6) is 0.848. The lowest BCUT2D eigenvalue weighted by Crippen LogP contribution is -2.56. The van der Waals surface area contributed by atoms with Gasteiger partial charge in [-0.1, -0.05) is 12.8 Å². The molecule has 0 aliphatic carbocycles. The number of nitrogens with one attached hydrogen (secondary N) is 1. The average Bonchev–Trinajstić information content (AvgIpc) is 3.08. The van der Waals surface area contributed by atoms with E-state index in [1.165, 1.54) is 90.8 Å². The summed E-state index contributed by atoms with van der Waals surface area (Å²) in [6.07, 6.45) is 13.6. The van der Waals surface area contributed by atoms with E-state index < -0.39 is 0 Å². The van der Waals surface area contributed by atoms with Gasteiger partial charge in [-0.25, -0.2) is 0 Å². The van der Waals surface area contributed by atoms with E-state index in [-0.39, 0.29) is 0 Å². The standard InChI is InChI=1S/C20H35N5/c1-2-4-12-23(11-3-1)17-18-6-10-21-16-20(18)24-14-7-19(8-15-24)25-13-5-9-22-25/h5,9,13,18-21H,1-4,6-8,10-12,14-17H2. The predicted octanol–water partition coefficient (Wildman–Crippen LogP) is 2.37. The molecule has 4 heterocycles. The Kier molecular flexibility index (Phi) is 6.06. The van der Waals surface area contributed by atoms with E-state index in [0.29, 0.717) is 6.04 Å². The highest BCUT2D eigenvalue weighted by molar-refractivity contribution is 4.91. The summed E-state index contributed by atoms with van der Waals surface area (Å²) < 4.78 is 2.17. The van der Waals surface area contributed by atoms with Gasteiger partial charge in [-0.05, 0) is 63.7 Å². The molecule has 0 bridgehead atoms. The van der Waals surface area contributed by atoms with Crippen LogP contribution in [0.25, 0.3) is 0 Å². The molecule has 1 aromatic heterocycles. The zero-order chi connectivity index (χ0) is 16.9. The normalized spacial score (nSPS) is 31.0. The van der Waals surface area contributed by atoms with Crippen LogP contribution < -0.4 is 5.32 Å². The average molecular weight is 346 g/mol. The molecule has 3 aliphatic heterocycles. The van der Waals surface area contributed by atoms with Crippen LogP contribution in [0.5, 0.6) is 0 Å². The summed E-state index contributed by atoms with van der Waals surface area (Å²) in [6, 6.07) is 3.39. The smallest absolute Gasteiger partial charge is 0.0543 e. The summed E-state index contributed by atoms with van der Waals surface area (Å²) in [4.78, 5) is 5.56. The molecule has 3 fully saturated rings. The Morgan fingerprint density at radius 3 is 2.48 bits per heavy atom. The lowest BCUT2D eigenvalue weighted by atomic mass is 9.89. The van der Waals surface area contributed by atoms with Crippen LogP contribution in [-0.4, -0.2) is 71.4 Å². The van der Waals surface area contributed by atoms with Gasteiger partial charge in [-0.2, -0.15) is 5.10 Å². The van der Waals surface area contributed by atoms with Crippen LogP contribution >= 0.6 is 0 Å². The quantitative estimate of drug-likeness (QED) is 0.909. The van der Waals surface area contributed by atoms with E-state index in [4.69, 9.17) is 0 Å². The molecule has 3 aliphatic rings. The molecule has 2 atom stereocenters. The van der Waals surface area contributed by atoms with Crippen LogP contribution in [0.4, 0.5) is 0 Å². The second-order valence-corrected chi connectivity index (χ2v) is 8.29. The molecule has 1 aromatic rings. The van der Waals surface area contributed by atoms with Gasteiger partial charge in [0.25, 0.3) is 0 Å². The molecule has 0 saturated carbocycles. The Bertz CT molecular complexity index is 486. The maximum Gasteiger partial charge on any atom is 0.0543 e. The van der Waals surface area contributed by atoms with Crippen LogP contribution in [-0.2, 0) is 0 Å². The number of aromatic nitrogens is 2. The van der Waals surface area contributed by atoms with E-state index in [0.717, 1.165) is 12.0 Å². The van der Waals surface area contributed by atoms with Crippen molar-refractivity contribution in [2.45, 2.75) is 57.0 Å². The van der Waals surface area contributed by atoms with Crippen LogP contribution in [0.3, 0.4) is 0 Å². The first-order valence-corrected chi connectivity index (χ1v) is 10.6. The summed E-state index contributed by atoms with van der Waals surface area (Å²) in [7, 11) is 0. The van der Waals surface area contributed by atoms with Gasteiger partial charge in [0.05, 0.1) is 6.04 Å². The molecule has 1 N–H and O–H groups in total. The molecule has 5 heteroatoms. The van der Waals surface area contributed by atoms with E-state index in [1.54, 1.807) is 0 Å². The van der Waals surface area contributed by atoms with Crippen molar-refractivity contribution in [1.29, 1.82) is 0 Å². The van der Waals surface area contributed by atoms with Gasteiger partial charge in [-0.15, -0.1) is 0 Å². The third kappa shape index (κ3) is 4.44. The molecular formula is C20H35N5. The summed E-state index contributed by atoms with van der Waals surface area (Å²) in [5.41, 5.74) is 0. The fraction of sp³-hybridized carbons (Fsp3) is 0.850. The molecule has 5 nitrogen and oxygen atoms in total.